The van der Waals surface area contributed by atoms with Crippen LogP contribution in [0.5, 0.6) is 0 Å². The van der Waals surface area contributed by atoms with Crippen LogP contribution in [-0.4, -0.2) is 35.2 Å². The lowest BCUT2D eigenvalue weighted by Crippen LogP contribution is -2.52. The highest BCUT2D eigenvalue weighted by atomic mass is 16.3. The van der Waals surface area contributed by atoms with Gasteiger partial charge in [-0.25, -0.2) is 0 Å². The van der Waals surface area contributed by atoms with E-state index in [2.05, 4.69) is 32.6 Å². The van der Waals surface area contributed by atoms with E-state index in [1.807, 2.05) is 0 Å². The first kappa shape index (κ1) is 14.0. The van der Waals surface area contributed by atoms with E-state index >= 15 is 0 Å². The quantitative estimate of drug-likeness (QED) is 0.780. The molecule has 2 unspecified atom stereocenters. The Balaban J connectivity index is 2.67. The summed E-state index contributed by atoms with van der Waals surface area (Å²) >= 11 is 0. The summed E-state index contributed by atoms with van der Waals surface area (Å²) in [5, 5.41) is 10.5. The number of hydrogen-bond donors (Lipinski definition) is 1. The average Bonchev–Trinajstić information content (AvgIpc) is 2.22. The molecule has 1 saturated carbocycles. The van der Waals surface area contributed by atoms with E-state index in [0.717, 1.165) is 19.5 Å². The van der Waals surface area contributed by atoms with E-state index in [0.29, 0.717) is 6.04 Å². The molecule has 1 aliphatic rings. The van der Waals surface area contributed by atoms with Crippen molar-refractivity contribution in [1.82, 2.24) is 4.90 Å². The monoisotopic (exact) mass is 227 g/mol. The van der Waals surface area contributed by atoms with Crippen molar-refractivity contribution >= 4 is 0 Å². The van der Waals surface area contributed by atoms with Crippen molar-refractivity contribution in [3.8, 4) is 0 Å². The molecule has 2 nitrogen and oxygen atoms in total. The highest BCUT2D eigenvalue weighted by molar-refractivity contribution is 4.93. The zero-order valence-corrected chi connectivity index (χ0v) is 11.5. The van der Waals surface area contributed by atoms with E-state index in [4.69, 9.17) is 0 Å². The maximum absolute atomic E-state index is 10.5. The second kappa shape index (κ2) is 6.02. The zero-order chi connectivity index (χ0) is 12.2. The molecule has 0 spiro atoms. The molecule has 0 aromatic carbocycles. The Hall–Kier alpha value is -0.0800. The Morgan fingerprint density at radius 1 is 1.19 bits per heavy atom. The smallest absolute Gasteiger partial charge is 0.0746 e. The molecule has 0 aromatic rings. The molecule has 0 bridgehead atoms. The Labute approximate surface area is 101 Å². The average molecular weight is 227 g/mol. The molecule has 0 aliphatic heterocycles. The summed E-state index contributed by atoms with van der Waals surface area (Å²) in [6, 6.07) is 0.392. The summed E-state index contributed by atoms with van der Waals surface area (Å²) in [5.74, 6) is 0. The van der Waals surface area contributed by atoms with Gasteiger partial charge in [-0.15, -0.1) is 0 Å². The van der Waals surface area contributed by atoms with E-state index < -0.39 is 0 Å². The minimum absolute atomic E-state index is 0.0999. The number of hydrogen-bond acceptors (Lipinski definition) is 2. The standard InChI is InChI=1S/C14H29NO/c1-5-10-15(11-6-2)12-8-7-9-14(3,4)13(12)16/h12-13,16H,5-11H2,1-4H3. The summed E-state index contributed by atoms with van der Waals surface area (Å²) in [6.45, 7) is 11.1. The number of nitrogens with zero attached hydrogens (tertiary/aromatic N) is 1. The zero-order valence-electron chi connectivity index (χ0n) is 11.5. The molecular weight excluding hydrogens is 198 g/mol. The summed E-state index contributed by atoms with van der Waals surface area (Å²) in [6.07, 6.45) is 5.81. The Morgan fingerprint density at radius 3 is 2.25 bits per heavy atom. The summed E-state index contributed by atoms with van der Waals surface area (Å²) < 4.78 is 0. The summed E-state index contributed by atoms with van der Waals surface area (Å²) in [7, 11) is 0. The van der Waals surface area contributed by atoms with Gasteiger partial charge >= 0.3 is 0 Å². The maximum Gasteiger partial charge on any atom is 0.0746 e. The van der Waals surface area contributed by atoms with Gasteiger partial charge in [0.2, 0.25) is 0 Å². The van der Waals surface area contributed by atoms with Gasteiger partial charge in [-0.05, 0) is 44.2 Å². The van der Waals surface area contributed by atoms with Crippen molar-refractivity contribution in [1.29, 1.82) is 0 Å². The van der Waals surface area contributed by atoms with Crippen molar-refractivity contribution in [2.24, 2.45) is 5.41 Å². The van der Waals surface area contributed by atoms with Crippen LogP contribution >= 0.6 is 0 Å². The van der Waals surface area contributed by atoms with E-state index in [1.165, 1.54) is 25.7 Å². The second-order valence-electron chi connectivity index (χ2n) is 5.93. The lowest BCUT2D eigenvalue weighted by atomic mass is 9.72. The third-order valence-electron chi connectivity index (χ3n) is 3.98. The summed E-state index contributed by atoms with van der Waals surface area (Å²) in [4.78, 5) is 2.51. The SMILES string of the molecule is CCCN(CCC)C1CCCC(C)(C)C1O. The molecular formula is C14H29NO. The second-order valence-corrected chi connectivity index (χ2v) is 5.93. The van der Waals surface area contributed by atoms with Gasteiger partial charge in [-0.1, -0.05) is 34.1 Å². The highest BCUT2D eigenvalue weighted by Gasteiger charge is 2.39. The van der Waals surface area contributed by atoms with Gasteiger partial charge in [0.15, 0.2) is 0 Å². The predicted octanol–water partition coefficient (Wildman–Crippen LogP) is 3.05. The predicted molar refractivity (Wildman–Crippen MR) is 69.6 cm³/mol. The summed E-state index contributed by atoms with van der Waals surface area (Å²) in [5.41, 5.74) is 0.0999. The first-order chi connectivity index (χ1) is 7.53. The maximum atomic E-state index is 10.5. The fourth-order valence-corrected chi connectivity index (χ4v) is 2.99. The highest BCUT2D eigenvalue weighted by Crippen LogP contribution is 2.37. The minimum Gasteiger partial charge on any atom is -0.391 e. The van der Waals surface area contributed by atoms with Crippen LogP contribution in [0.15, 0.2) is 0 Å². The lowest BCUT2D eigenvalue weighted by molar-refractivity contribution is -0.0572. The van der Waals surface area contributed by atoms with Crippen molar-refractivity contribution < 1.29 is 5.11 Å². The molecule has 2 atom stereocenters. The van der Waals surface area contributed by atoms with Crippen LogP contribution in [0.3, 0.4) is 0 Å². The van der Waals surface area contributed by atoms with Gasteiger partial charge in [0.1, 0.15) is 0 Å². The molecule has 1 fully saturated rings. The Bertz CT molecular complexity index is 197. The largest absolute Gasteiger partial charge is 0.391 e. The van der Waals surface area contributed by atoms with Crippen LogP contribution in [0.25, 0.3) is 0 Å². The Morgan fingerprint density at radius 2 is 1.75 bits per heavy atom. The molecule has 16 heavy (non-hydrogen) atoms. The molecule has 0 aromatic heterocycles. The lowest BCUT2D eigenvalue weighted by Gasteiger charge is -2.45. The molecule has 0 amide bonds. The van der Waals surface area contributed by atoms with Crippen LogP contribution in [-0.2, 0) is 0 Å². The molecule has 96 valence electrons. The molecule has 1 rings (SSSR count). The molecule has 2 heteroatoms. The van der Waals surface area contributed by atoms with Gasteiger partial charge in [0, 0.05) is 6.04 Å². The van der Waals surface area contributed by atoms with Crippen molar-refractivity contribution in [3.63, 3.8) is 0 Å². The van der Waals surface area contributed by atoms with E-state index in [9.17, 15) is 5.11 Å². The molecule has 0 radical (unpaired) electrons. The number of aliphatic hydroxyl groups excluding tert-OH is 1. The van der Waals surface area contributed by atoms with E-state index in [1.54, 1.807) is 0 Å². The first-order valence-corrected chi connectivity index (χ1v) is 6.95. The van der Waals surface area contributed by atoms with Gasteiger partial charge in [0.25, 0.3) is 0 Å². The van der Waals surface area contributed by atoms with Crippen LogP contribution < -0.4 is 0 Å². The first-order valence-electron chi connectivity index (χ1n) is 6.95. The third-order valence-corrected chi connectivity index (χ3v) is 3.98. The van der Waals surface area contributed by atoms with Crippen LogP contribution in [0.2, 0.25) is 0 Å². The van der Waals surface area contributed by atoms with Crippen molar-refractivity contribution in [3.05, 3.63) is 0 Å². The fourth-order valence-electron chi connectivity index (χ4n) is 2.99. The molecule has 0 heterocycles. The normalized spacial score (nSPS) is 29.6. The van der Waals surface area contributed by atoms with Gasteiger partial charge in [-0.3, -0.25) is 4.90 Å². The van der Waals surface area contributed by atoms with Crippen LogP contribution in [0, 0.1) is 5.41 Å². The van der Waals surface area contributed by atoms with Crippen LogP contribution in [0.4, 0.5) is 0 Å². The van der Waals surface area contributed by atoms with Gasteiger partial charge in [-0.2, -0.15) is 0 Å². The van der Waals surface area contributed by atoms with E-state index in [-0.39, 0.29) is 11.5 Å². The molecule has 1 aliphatic carbocycles. The number of rotatable bonds is 5. The molecule has 1 N–H and O–H groups in total. The minimum atomic E-state index is -0.153. The van der Waals surface area contributed by atoms with Crippen LogP contribution in [0.1, 0.15) is 59.8 Å². The topological polar surface area (TPSA) is 23.5 Å². The third kappa shape index (κ3) is 3.21. The fraction of sp³-hybridized carbons (Fsp3) is 1.00. The number of aliphatic hydroxyl groups is 1. The molecule has 0 saturated heterocycles. The van der Waals surface area contributed by atoms with Gasteiger partial charge in [0.05, 0.1) is 6.10 Å². The van der Waals surface area contributed by atoms with Crippen molar-refractivity contribution in [2.75, 3.05) is 13.1 Å². The Kier molecular flexibility index (Phi) is 5.26. The van der Waals surface area contributed by atoms with Crippen molar-refractivity contribution in [2.45, 2.75) is 71.9 Å². The van der Waals surface area contributed by atoms with Gasteiger partial charge < -0.3 is 5.11 Å².